The first kappa shape index (κ1) is 19.1. The molecular weight excluding hydrogens is 364 g/mol. The van der Waals surface area contributed by atoms with Gasteiger partial charge in [-0.15, -0.1) is 11.3 Å². The predicted molar refractivity (Wildman–Crippen MR) is 106 cm³/mol. The van der Waals surface area contributed by atoms with E-state index in [0.29, 0.717) is 24.8 Å². The summed E-state index contributed by atoms with van der Waals surface area (Å²) in [6.07, 6.45) is 1.57. The molecule has 2 aromatic heterocycles. The van der Waals surface area contributed by atoms with Crippen molar-refractivity contribution in [2.45, 2.75) is 13.0 Å². The largest absolute Gasteiger partial charge is 0.475 e. The normalized spacial score (nSPS) is 12.0. The highest BCUT2D eigenvalue weighted by Gasteiger charge is 2.20. The van der Waals surface area contributed by atoms with E-state index in [2.05, 4.69) is 15.3 Å². The predicted octanol–water partition coefficient (Wildman–Crippen LogP) is 3.94. The van der Waals surface area contributed by atoms with E-state index in [-0.39, 0.29) is 12.1 Å². The quantitative estimate of drug-likeness (QED) is 0.623. The topological polar surface area (TPSA) is 76.6 Å². The van der Waals surface area contributed by atoms with Gasteiger partial charge in [-0.1, -0.05) is 12.1 Å². The van der Waals surface area contributed by atoms with E-state index in [0.717, 1.165) is 15.2 Å². The Labute approximate surface area is 162 Å². The molecule has 0 aliphatic heterocycles. The smallest absolute Gasteiger partial charge is 0.322 e. The van der Waals surface area contributed by atoms with Gasteiger partial charge < -0.3 is 19.7 Å². The number of methoxy groups -OCH3 is 1. The molecule has 3 aromatic rings. The van der Waals surface area contributed by atoms with Crippen LogP contribution >= 0.6 is 11.3 Å². The molecule has 8 heteroatoms. The van der Waals surface area contributed by atoms with Gasteiger partial charge in [0, 0.05) is 20.2 Å². The molecule has 3 rings (SSSR count). The third kappa shape index (κ3) is 4.72. The van der Waals surface area contributed by atoms with Crippen molar-refractivity contribution in [3.8, 4) is 5.88 Å². The third-order valence-corrected chi connectivity index (χ3v) is 5.30. The van der Waals surface area contributed by atoms with E-state index in [1.54, 1.807) is 48.7 Å². The van der Waals surface area contributed by atoms with Crippen molar-refractivity contribution in [1.29, 1.82) is 0 Å². The molecule has 0 bridgehead atoms. The number of anilines is 1. The number of amides is 2. The zero-order valence-electron chi connectivity index (χ0n) is 15.5. The molecule has 2 heterocycles. The van der Waals surface area contributed by atoms with Gasteiger partial charge in [0.1, 0.15) is 11.6 Å². The zero-order chi connectivity index (χ0) is 19.2. The molecule has 27 heavy (non-hydrogen) atoms. The Kier molecular flexibility index (Phi) is 6.20. The van der Waals surface area contributed by atoms with Crippen molar-refractivity contribution < 1.29 is 14.3 Å². The maximum Gasteiger partial charge on any atom is 0.322 e. The van der Waals surface area contributed by atoms with Crippen LogP contribution in [-0.4, -0.2) is 48.3 Å². The summed E-state index contributed by atoms with van der Waals surface area (Å²) in [6.45, 7) is 2.88. The van der Waals surface area contributed by atoms with Crippen molar-refractivity contribution in [3.63, 3.8) is 0 Å². The Balaban J connectivity index is 1.61. The van der Waals surface area contributed by atoms with Crippen LogP contribution in [0.15, 0.2) is 42.6 Å². The Morgan fingerprint density at radius 3 is 2.78 bits per heavy atom. The van der Waals surface area contributed by atoms with Gasteiger partial charge in [-0.2, -0.15) is 0 Å². The molecular formula is C19H22N4O3S. The molecule has 0 unspecified atom stereocenters. The Hall–Kier alpha value is -2.71. The van der Waals surface area contributed by atoms with Gasteiger partial charge in [-0.05, 0) is 25.1 Å². The fraction of sp³-hybridized carbons (Fsp3) is 0.316. The SMILES string of the molecule is COCCOc1ccc(NC(=O)N(C)[C@H](C)c2nc3ccccc3s2)cn1. The van der Waals surface area contributed by atoms with E-state index < -0.39 is 0 Å². The second-order valence-corrected chi connectivity index (χ2v) is 7.03. The maximum atomic E-state index is 12.6. The van der Waals surface area contributed by atoms with Gasteiger partial charge in [-0.3, -0.25) is 0 Å². The first-order valence-corrected chi connectivity index (χ1v) is 9.37. The summed E-state index contributed by atoms with van der Waals surface area (Å²) >= 11 is 1.60. The Morgan fingerprint density at radius 2 is 2.07 bits per heavy atom. The summed E-state index contributed by atoms with van der Waals surface area (Å²) in [5.74, 6) is 0.487. The van der Waals surface area contributed by atoms with Crippen LogP contribution in [0.3, 0.4) is 0 Å². The highest BCUT2D eigenvalue weighted by Crippen LogP contribution is 2.29. The van der Waals surface area contributed by atoms with Crippen LogP contribution in [0.4, 0.5) is 10.5 Å². The summed E-state index contributed by atoms with van der Waals surface area (Å²) in [5.41, 5.74) is 1.55. The minimum absolute atomic E-state index is 0.146. The zero-order valence-corrected chi connectivity index (χ0v) is 16.3. The number of thiazole rings is 1. The van der Waals surface area contributed by atoms with Crippen molar-refractivity contribution in [1.82, 2.24) is 14.9 Å². The second kappa shape index (κ2) is 8.79. The van der Waals surface area contributed by atoms with Crippen molar-refractivity contribution in [3.05, 3.63) is 47.6 Å². The first-order chi connectivity index (χ1) is 13.1. The van der Waals surface area contributed by atoms with Gasteiger partial charge in [0.15, 0.2) is 0 Å². The summed E-state index contributed by atoms with van der Waals surface area (Å²) in [7, 11) is 3.36. The van der Waals surface area contributed by atoms with Crippen molar-refractivity contribution in [2.75, 3.05) is 32.7 Å². The first-order valence-electron chi connectivity index (χ1n) is 8.55. The average Bonchev–Trinajstić information content (AvgIpc) is 3.12. The monoisotopic (exact) mass is 386 g/mol. The minimum atomic E-state index is -0.225. The van der Waals surface area contributed by atoms with E-state index in [4.69, 9.17) is 9.47 Å². The van der Waals surface area contributed by atoms with Crippen LogP contribution in [0.5, 0.6) is 5.88 Å². The lowest BCUT2D eigenvalue weighted by Gasteiger charge is -2.23. The number of rotatable bonds is 7. The van der Waals surface area contributed by atoms with Crippen LogP contribution < -0.4 is 10.1 Å². The molecule has 1 N–H and O–H groups in total. The lowest BCUT2D eigenvalue weighted by Crippen LogP contribution is -2.33. The number of carbonyl (C=O) groups is 1. The Morgan fingerprint density at radius 1 is 1.26 bits per heavy atom. The van der Waals surface area contributed by atoms with Crippen LogP contribution in [0.2, 0.25) is 0 Å². The number of fused-ring (bicyclic) bond motifs is 1. The summed E-state index contributed by atoms with van der Waals surface area (Å²) < 4.78 is 11.4. The van der Waals surface area contributed by atoms with Gasteiger partial charge in [0.05, 0.1) is 34.7 Å². The minimum Gasteiger partial charge on any atom is -0.475 e. The number of aromatic nitrogens is 2. The highest BCUT2D eigenvalue weighted by molar-refractivity contribution is 7.18. The number of pyridine rings is 1. The van der Waals surface area contributed by atoms with Gasteiger partial charge in [0.25, 0.3) is 0 Å². The molecule has 7 nitrogen and oxygen atoms in total. The number of ether oxygens (including phenoxy) is 2. The van der Waals surface area contributed by atoms with E-state index in [1.165, 1.54) is 0 Å². The van der Waals surface area contributed by atoms with Gasteiger partial charge in [-0.25, -0.2) is 14.8 Å². The van der Waals surface area contributed by atoms with Crippen LogP contribution in [0, 0.1) is 0 Å². The fourth-order valence-corrected chi connectivity index (χ4v) is 3.45. The molecule has 1 aromatic carbocycles. The van der Waals surface area contributed by atoms with Gasteiger partial charge >= 0.3 is 6.03 Å². The summed E-state index contributed by atoms with van der Waals surface area (Å²) in [4.78, 5) is 23.0. The summed E-state index contributed by atoms with van der Waals surface area (Å²) in [6, 6.07) is 11.0. The maximum absolute atomic E-state index is 12.6. The molecule has 0 spiro atoms. The molecule has 0 saturated carbocycles. The van der Waals surface area contributed by atoms with Crippen LogP contribution in [0.1, 0.15) is 18.0 Å². The fourth-order valence-electron chi connectivity index (χ4n) is 2.39. The van der Waals surface area contributed by atoms with Crippen molar-refractivity contribution in [2.24, 2.45) is 0 Å². The lowest BCUT2D eigenvalue weighted by atomic mass is 10.3. The number of nitrogens with zero attached hydrogens (tertiary/aromatic N) is 3. The number of benzene rings is 1. The molecule has 0 saturated heterocycles. The second-order valence-electron chi connectivity index (χ2n) is 5.96. The average molecular weight is 386 g/mol. The molecule has 1 atom stereocenters. The number of urea groups is 1. The number of para-hydroxylation sites is 1. The number of hydrogen-bond acceptors (Lipinski definition) is 6. The molecule has 0 aliphatic rings. The molecule has 0 radical (unpaired) electrons. The Bertz CT molecular complexity index is 864. The van der Waals surface area contributed by atoms with E-state index in [1.807, 2.05) is 31.2 Å². The third-order valence-electron chi connectivity index (χ3n) is 4.09. The molecule has 2 amide bonds. The molecule has 0 aliphatic carbocycles. The molecule has 0 fully saturated rings. The number of nitrogens with one attached hydrogen (secondary N) is 1. The van der Waals surface area contributed by atoms with E-state index in [9.17, 15) is 4.79 Å². The number of carbonyl (C=O) groups excluding carboxylic acids is 1. The van der Waals surface area contributed by atoms with Gasteiger partial charge in [0.2, 0.25) is 5.88 Å². The standard InChI is InChI=1S/C19H22N4O3S/c1-13(18-22-15-6-4-5-7-16(15)27-18)23(2)19(24)21-14-8-9-17(20-12-14)26-11-10-25-3/h4-9,12-13H,10-11H2,1-3H3,(H,21,24)/t13-/m1/s1. The molecule has 142 valence electrons. The summed E-state index contributed by atoms with van der Waals surface area (Å²) in [5, 5.41) is 3.74. The van der Waals surface area contributed by atoms with E-state index >= 15 is 0 Å². The lowest BCUT2D eigenvalue weighted by molar-refractivity contribution is 0.144. The van der Waals surface area contributed by atoms with Crippen molar-refractivity contribution >= 4 is 33.3 Å². The van der Waals surface area contributed by atoms with Crippen LogP contribution in [-0.2, 0) is 4.74 Å². The highest BCUT2D eigenvalue weighted by atomic mass is 32.1. The number of hydrogen-bond donors (Lipinski definition) is 1. The van der Waals surface area contributed by atoms with Crippen LogP contribution in [0.25, 0.3) is 10.2 Å².